The first kappa shape index (κ1) is 14.7. The number of benzene rings is 1. The Bertz CT molecular complexity index is 620. The minimum Gasteiger partial charge on any atom is -0.397 e. The molecule has 0 aliphatic heterocycles. The highest BCUT2D eigenvalue weighted by molar-refractivity contribution is 6.31. The quantitative estimate of drug-likeness (QED) is 0.852. The molecule has 3 N–H and O–H groups in total. The molecule has 0 spiro atoms. The van der Waals surface area contributed by atoms with Crippen molar-refractivity contribution < 1.29 is 4.79 Å². The van der Waals surface area contributed by atoms with E-state index in [9.17, 15) is 4.79 Å². The van der Waals surface area contributed by atoms with Crippen LogP contribution in [0.4, 0.5) is 11.4 Å². The molecule has 20 heavy (non-hydrogen) atoms. The summed E-state index contributed by atoms with van der Waals surface area (Å²) >= 11 is 11.7. The van der Waals surface area contributed by atoms with Crippen LogP contribution in [0.1, 0.15) is 12.1 Å². The fraction of sp³-hybridized carbons (Fsp3) is 0.231. The average Bonchev–Trinajstić information content (AvgIpc) is 2.70. The van der Waals surface area contributed by atoms with Gasteiger partial charge in [-0.1, -0.05) is 23.2 Å². The van der Waals surface area contributed by atoms with Gasteiger partial charge in [0.2, 0.25) is 5.91 Å². The molecule has 7 heteroatoms. The molecule has 2 aromatic rings. The normalized spacial score (nSPS) is 10.6. The average molecular weight is 313 g/mol. The number of nitrogens with zero attached hydrogens (tertiary/aromatic N) is 2. The Kier molecular flexibility index (Phi) is 4.52. The summed E-state index contributed by atoms with van der Waals surface area (Å²) in [5.41, 5.74) is 7.49. The van der Waals surface area contributed by atoms with Crippen molar-refractivity contribution in [3.8, 4) is 0 Å². The van der Waals surface area contributed by atoms with Crippen LogP contribution in [-0.2, 0) is 11.3 Å². The number of aryl methyl sites for hydroxylation is 2. The van der Waals surface area contributed by atoms with Gasteiger partial charge in [-0.3, -0.25) is 9.48 Å². The lowest BCUT2D eigenvalue weighted by atomic mass is 10.2. The van der Waals surface area contributed by atoms with Crippen molar-refractivity contribution in [2.24, 2.45) is 0 Å². The van der Waals surface area contributed by atoms with Gasteiger partial charge < -0.3 is 11.1 Å². The van der Waals surface area contributed by atoms with E-state index < -0.39 is 0 Å². The number of rotatable bonds is 4. The zero-order chi connectivity index (χ0) is 14.7. The van der Waals surface area contributed by atoms with Crippen LogP contribution < -0.4 is 11.1 Å². The number of hydrogen-bond donors (Lipinski definition) is 2. The molecule has 0 saturated heterocycles. The molecule has 1 aromatic heterocycles. The van der Waals surface area contributed by atoms with Crippen molar-refractivity contribution in [3.63, 3.8) is 0 Å². The van der Waals surface area contributed by atoms with E-state index in [1.807, 2.05) is 6.92 Å². The Hall–Kier alpha value is -1.72. The summed E-state index contributed by atoms with van der Waals surface area (Å²) in [7, 11) is 0. The molecule has 1 amide bonds. The highest BCUT2D eigenvalue weighted by Crippen LogP contribution is 2.22. The molecule has 1 aromatic carbocycles. The second-order valence-electron chi connectivity index (χ2n) is 4.36. The first-order valence-corrected chi connectivity index (χ1v) is 6.75. The molecule has 0 aliphatic carbocycles. The number of carbonyl (C=O) groups excluding carboxylic acids is 1. The van der Waals surface area contributed by atoms with Crippen LogP contribution in [-0.4, -0.2) is 15.7 Å². The van der Waals surface area contributed by atoms with Crippen LogP contribution in [0.5, 0.6) is 0 Å². The van der Waals surface area contributed by atoms with Gasteiger partial charge in [0.15, 0.2) is 0 Å². The summed E-state index contributed by atoms with van der Waals surface area (Å²) in [6.07, 6.45) is 1.97. The fourth-order valence-electron chi connectivity index (χ4n) is 1.68. The number of nitrogen functional groups attached to an aromatic ring is 1. The van der Waals surface area contributed by atoms with E-state index in [0.29, 0.717) is 28.0 Å². The molecule has 0 radical (unpaired) electrons. The third kappa shape index (κ3) is 3.65. The SMILES string of the molecule is Cc1nn(CCC(=O)Nc2ccc(Cl)cc2N)cc1Cl. The van der Waals surface area contributed by atoms with E-state index in [0.717, 1.165) is 5.69 Å². The molecule has 0 unspecified atom stereocenters. The lowest BCUT2D eigenvalue weighted by Gasteiger charge is -2.08. The summed E-state index contributed by atoms with van der Waals surface area (Å²) in [4.78, 5) is 11.8. The van der Waals surface area contributed by atoms with Crippen molar-refractivity contribution in [1.29, 1.82) is 0 Å². The van der Waals surface area contributed by atoms with Gasteiger partial charge in [0.25, 0.3) is 0 Å². The summed E-state index contributed by atoms with van der Waals surface area (Å²) in [5.74, 6) is -0.150. The van der Waals surface area contributed by atoms with Crippen molar-refractivity contribution in [2.45, 2.75) is 19.9 Å². The maximum absolute atomic E-state index is 11.8. The molecule has 2 rings (SSSR count). The van der Waals surface area contributed by atoms with E-state index >= 15 is 0 Å². The number of carbonyl (C=O) groups is 1. The number of halogens is 2. The van der Waals surface area contributed by atoms with Crippen LogP contribution in [0.2, 0.25) is 10.0 Å². The Morgan fingerprint density at radius 3 is 2.80 bits per heavy atom. The number of nitrogens with two attached hydrogens (primary N) is 1. The first-order valence-electron chi connectivity index (χ1n) is 6.00. The summed E-state index contributed by atoms with van der Waals surface area (Å²) < 4.78 is 1.64. The van der Waals surface area contributed by atoms with Gasteiger partial charge in [-0.15, -0.1) is 0 Å². The molecule has 0 fully saturated rings. The molecule has 0 aliphatic rings. The number of nitrogens with one attached hydrogen (secondary N) is 1. The summed E-state index contributed by atoms with van der Waals surface area (Å²) in [6, 6.07) is 4.93. The molecule has 0 bridgehead atoms. The van der Waals surface area contributed by atoms with Gasteiger partial charge in [0, 0.05) is 24.2 Å². The molecular formula is C13H14Cl2N4O. The Morgan fingerprint density at radius 1 is 1.45 bits per heavy atom. The monoisotopic (exact) mass is 312 g/mol. The van der Waals surface area contributed by atoms with E-state index in [2.05, 4.69) is 10.4 Å². The zero-order valence-corrected chi connectivity index (χ0v) is 12.4. The number of aromatic nitrogens is 2. The standard InChI is InChI=1S/C13H14Cl2N4O/c1-8-10(15)7-19(18-8)5-4-13(20)17-12-3-2-9(14)6-11(12)16/h2-3,6-7H,4-5,16H2,1H3,(H,17,20). The highest BCUT2D eigenvalue weighted by Gasteiger charge is 2.07. The highest BCUT2D eigenvalue weighted by atomic mass is 35.5. The van der Waals surface area contributed by atoms with Crippen molar-refractivity contribution in [2.75, 3.05) is 11.1 Å². The lowest BCUT2D eigenvalue weighted by molar-refractivity contribution is -0.116. The first-order chi connectivity index (χ1) is 9.45. The predicted molar refractivity (Wildman–Crippen MR) is 81.1 cm³/mol. The van der Waals surface area contributed by atoms with Gasteiger partial charge in [-0.05, 0) is 25.1 Å². The molecule has 106 valence electrons. The van der Waals surface area contributed by atoms with Gasteiger partial charge >= 0.3 is 0 Å². The molecule has 1 heterocycles. The topological polar surface area (TPSA) is 72.9 Å². The lowest BCUT2D eigenvalue weighted by Crippen LogP contribution is -2.15. The van der Waals surface area contributed by atoms with Crippen molar-refractivity contribution >= 4 is 40.5 Å². The number of anilines is 2. The maximum atomic E-state index is 11.8. The minimum absolute atomic E-state index is 0.150. The maximum Gasteiger partial charge on any atom is 0.226 e. The Labute approximate surface area is 126 Å². The zero-order valence-electron chi connectivity index (χ0n) is 10.9. The van der Waals surface area contributed by atoms with E-state index in [4.69, 9.17) is 28.9 Å². The predicted octanol–water partition coefficient (Wildman–Crippen LogP) is 3.11. The van der Waals surface area contributed by atoms with Crippen molar-refractivity contribution in [3.05, 3.63) is 40.1 Å². The third-order valence-corrected chi connectivity index (χ3v) is 3.35. The van der Waals surface area contributed by atoms with E-state index in [-0.39, 0.29) is 12.3 Å². The smallest absolute Gasteiger partial charge is 0.226 e. The van der Waals surface area contributed by atoms with Crippen LogP contribution in [0.3, 0.4) is 0 Å². The second kappa shape index (κ2) is 6.15. The van der Waals surface area contributed by atoms with Crippen LogP contribution >= 0.6 is 23.2 Å². The largest absolute Gasteiger partial charge is 0.397 e. The number of amides is 1. The molecular weight excluding hydrogens is 299 g/mol. The van der Waals surface area contributed by atoms with Crippen LogP contribution in [0.15, 0.2) is 24.4 Å². The second-order valence-corrected chi connectivity index (χ2v) is 5.20. The minimum atomic E-state index is -0.150. The molecule has 5 nitrogen and oxygen atoms in total. The van der Waals surface area contributed by atoms with Crippen LogP contribution in [0, 0.1) is 6.92 Å². The van der Waals surface area contributed by atoms with Gasteiger partial charge in [-0.25, -0.2) is 0 Å². The van der Waals surface area contributed by atoms with Gasteiger partial charge in [0.05, 0.1) is 22.1 Å². The van der Waals surface area contributed by atoms with Gasteiger partial charge in [0.1, 0.15) is 0 Å². The summed E-state index contributed by atoms with van der Waals surface area (Å²) in [6.45, 7) is 2.26. The van der Waals surface area contributed by atoms with Crippen LogP contribution in [0.25, 0.3) is 0 Å². The molecule has 0 atom stereocenters. The summed E-state index contributed by atoms with van der Waals surface area (Å²) in [5, 5.41) is 8.03. The fourth-order valence-corrected chi connectivity index (χ4v) is 2.02. The van der Waals surface area contributed by atoms with Crippen molar-refractivity contribution in [1.82, 2.24) is 9.78 Å². The molecule has 0 saturated carbocycles. The number of hydrogen-bond acceptors (Lipinski definition) is 3. The third-order valence-electron chi connectivity index (χ3n) is 2.74. The van der Waals surface area contributed by atoms with E-state index in [1.54, 1.807) is 29.1 Å². The Balaban J connectivity index is 1.92. The van der Waals surface area contributed by atoms with E-state index in [1.165, 1.54) is 0 Å². The Morgan fingerprint density at radius 2 is 2.20 bits per heavy atom. The van der Waals surface area contributed by atoms with Gasteiger partial charge in [-0.2, -0.15) is 5.10 Å².